The third kappa shape index (κ3) is 1.80. The van der Waals surface area contributed by atoms with Gasteiger partial charge in [-0.1, -0.05) is 13.8 Å². The molecule has 0 fully saturated rings. The van der Waals surface area contributed by atoms with Gasteiger partial charge >= 0.3 is 0 Å². The predicted molar refractivity (Wildman–Crippen MR) is 31.1 cm³/mol. The molecule has 2 nitrogen and oxygen atoms in total. The lowest BCUT2D eigenvalue weighted by Crippen LogP contribution is -2.30. The smallest absolute Gasteiger partial charge is 0.111 e. The molecular weight excluding hydrogens is 104 g/mol. The Bertz CT molecular complexity index is 49.3. The molecule has 8 heavy (non-hydrogen) atoms. The lowest BCUT2D eigenvalue weighted by Gasteiger charge is -2.19. The van der Waals surface area contributed by atoms with Crippen LogP contribution < -0.4 is 0 Å². The molecule has 49 valence electrons. The number of rotatable bonds is 3. The Balaban J connectivity index is 3.58. The SMILES string of the molecule is CCC(O)(CC)C[O]. The van der Waals surface area contributed by atoms with E-state index in [1.165, 1.54) is 0 Å². The molecule has 0 aliphatic carbocycles. The van der Waals surface area contributed by atoms with Crippen molar-refractivity contribution < 1.29 is 10.2 Å². The van der Waals surface area contributed by atoms with Gasteiger partial charge in [-0.3, -0.25) is 0 Å². The molecule has 0 rings (SSSR count). The summed E-state index contributed by atoms with van der Waals surface area (Å²) in [6.07, 6.45) is 1.12. The van der Waals surface area contributed by atoms with E-state index in [0.29, 0.717) is 12.8 Å². The highest BCUT2D eigenvalue weighted by Gasteiger charge is 2.20. The fraction of sp³-hybridized carbons (Fsp3) is 1.00. The highest BCUT2D eigenvalue weighted by Crippen LogP contribution is 2.12. The minimum absolute atomic E-state index is 0.375. The van der Waals surface area contributed by atoms with Crippen molar-refractivity contribution in [3.05, 3.63) is 0 Å². The zero-order valence-electron chi connectivity index (χ0n) is 5.48. The second kappa shape index (κ2) is 3.05. The summed E-state index contributed by atoms with van der Waals surface area (Å²) in [5.41, 5.74) is -0.931. The maximum absolute atomic E-state index is 10.2. The highest BCUT2D eigenvalue weighted by atomic mass is 16.3. The van der Waals surface area contributed by atoms with Crippen molar-refractivity contribution in [3.63, 3.8) is 0 Å². The van der Waals surface area contributed by atoms with Crippen LogP contribution in [0.4, 0.5) is 0 Å². The summed E-state index contributed by atoms with van der Waals surface area (Å²) in [6, 6.07) is 0. The van der Waals surface area contributed by atoms with Crippen molar-refractivity contribution in [1.82, 2.24) is 0 Å². The van der Waals surface area contributed by atoms with Gasteiger partial charge in [-0.05, 0) is 12.8 Å². The Kier molecular flexibility index (Phi) is 3.02. The van der Waals surface area contributed by atoms with Gasteiger partial charge in [0.15, 0.2) is 0 Å². The lowest BCUT2D eigenvalue weighted by atomic mass is 9.99. The van der Waals surface area contributed by atoms with Gasteiger partial charge in [-0.15, -0.1) is 0 Å². The van der Waals surface area contributed by atoms with E-state index < -0.39 is 5.60 Å². The predicted octanol–water partition coefficient (Wildman–Crippen LogP) is 0.968. The number of aliphatic hydroxyl groups is 1. The van der Waals surface area contributed by atoms with Crippen LogP contribution in [0.15, 0.2) is 0 Å². The Morgan fingerprint density at radius 2 is 1.75 bits per heavy atom. The maximum Gasteiger partial charge on any atom is 0.111 e. The van der Waals surface area contributed by atoms with Crippen molar-refractivity contribution in [1.29, 1.82) is 0 Å². The first kappa shape index (κ1) is 7.92. The second-order valence-corrected chi connectivity index (χ2v) is 2.08. The molecule has 0 atom stereocenters. The molecule has 0 bridgehead atoms. The van der Waals surface area contributed by atoms with Gasteiger partial charge in [-0.2, -0.15) is 0 Å². The van der Waals surface area contributed by atoms with Gasteiger partial charge in [-0.25, -0.2) is 5.11 Å². The van der Waals surface area contributed by atoms with E-state index in [4.69, 9.17) is 5.11 Å². The quantitative estimate of drug-likeness (QED) is 0.587. The molecule has 0 spiro atoms. The standard InChI is InChI=1S/C6H13O2/c1-3-6(8,4-2)5-7/h8H,3-5H2,1-2H3. The first-order chi connectivity index (χ1) is 3.68. The summed E-state index contributed by atoms with van der Waals surface area (Å²) in [4.78, 5) is 0. The van der Waals surface area contributed by atoms with Crippen molar-refractivity contribution in [2.45, 2.75) is 32.3 Å². The van der Waals surface area contributed by atoms with Crippen molar-refractivity contribution >= 4 is 0 Å². The molecule has 1 N–H and O–H groups in total. The van der Waals surface area contributed by atoms with E-state index in [-0.39, 0.29) is 6.61 Å². The van der Waals surface area contributed by atoms with E-state index in [0.717, 1.165) is 0 Å². The van der Waals surface area contributed by atoms with Gasteiger partial charge < -0.3 is 5.11 Å². The van der Waals surface area contributed by atoms with Gasteiger partial charge in [0, 0.05) is 0 Å². The summed E-state index contributed by atoms with van der Waals surface area (Å²) in [7, 11) is 0. The molecule has 1 radical (unpaired) electrons. The van der Waals surface area contributed by atoms with Crippen LogP contribution in [-0.2, 0) is 5.11 Å². The van der Waals surface area contributed by atoms with Crippen LogP contribution in [0.25, 0.3) is 0 Å². The average Bonchev–Trinajstić information content (AvgIpc) is 1.87. The van der Waals surface area contributed by atoms with Crippen molar-refractivity contribution in [2.75, 3.05) is 6.61 Å². The zero-order valence-corrected chi connectivity index (χ0v) is 5.48. The Morgan fingerprint density at radius 1 is 1.38 bits per heavy atom. The minimum atomic E-state index is -0.931. The van der Waals surface area contributed by atoms with E-state index in [1.807, 2.05) is 13.8 Å². The van der Waals surface area contributed by atoms with Crippen molar-refractivity contribution in [3.8, 4) is 0 Å². The molecule has 0 saturated carbocycles. The topological polar surface area (TPSA) is 40.1 Å². The van der Waals surface area contributed by atoms with Gasteiger partial charge in [0.1, 0.15) is 6.61 Å². The van der Waals surface area contributed by atoms with Crippen LogP contribution in [0.5, 0.6) is 0 Å². The first-order valence-corrected chi connectivity index (χ1v) is 2.99. The largest absolute Gasteiger partial charge is 0.387 e. The van der Waals surface area contributed by atoms with Crippen LogP contribution in [0.3, 0.4) is 0 Å². The van der Waals surface area contributed by atoms with E-state index >= 15 is 0 Å². The van der Waals surface area contributed by atoms with Crippen LogP contribution >= 0.6 is 0 Å². The summed E-state index contributed by atoms with van der Waals surface area (Å²) in [6.45, 7) is 3.27. The molecule has 0 aromatic rings. The minimum Gasteiger partial charge on any atom is -0.387 e. The summed E-state index contributed by atoms with van der Waals surface area (Å²) in [5.74, 6) is 0. The summed E-state index contributed by atoms with van der Waals surface area (Å²) in [5, 5.41) is 19.3. The zero-order chi connectivity index (χ0) is 6.62. The molecule has 0 amide bonds. The number of hydrogen-bond donors (Lipinski definition) is 1. The van der Waals surface area contributed by atoms with Crippen LogP contribution in [0.1, 0.15) is 26.7 Å². The van der Waals surface area contributed by atoms with Gasteiger partial charge in [0.2, 0.25) is 0 Å². The molecule has 0 aromatic carbocycles. The number of hydrogen-bond acceptors (Lipinski definition) is 1. The molecule has 0 saturated heterocycles. The van der Waals surface area contributed by atoms with E-state index in [9.17, 15) is 5.11 Å². The Labute approximate surface area is 50.2 Å². The second-order valence-electron chi connectivity index (χ2n) is 2.08. The third-order valence-corrected chi connectivity index (χ3v) is 1.58. The summed E-state index contributed by atoms with van der Waals surface area (Å²) < 4.78 is 0. The fourth-order valence-electron chi connectivity index (χ4n) is 0.454. The van der Waals surface area contributed by atoms with Gasteiger partial charge in [0.25, 0.3) is 0 Å². The molecule has 0 heterocycles. The molecule has 0 aromatic heterocycles. The van der Waals surface area contributed by atoms with Gasteiger partial charge in [0.05, 0.1) is 5.60 Å². The first-order valence-electron chi connectivity index (χ1n) is 2.99. The average molecular weight is 117 g/mol. The van der Waals surface area contributed by atoms with Crippen LogP contribution in [-0.4, -0.2) is 17.3 Å². The normalized spacial score (nSPS) is 12.0. The van der Waals surface area contributed by atoms with Crippen molar-refractivity contribution in [2.24, 2.45) is 0 Å². The highest BCUT2D eigenvalue weighted by molar-refractivity contribution is 4.71. The van der Waals surface area contributed by atoms with E-state index in [2.05, 4.69) is 0 Å². The Morgan fingerprint density at radius 3 is 1.75 bits per heavy atom. The molecule has 2 heteroatoms. The Hall–Kier alpha value is -0.0800. The maximum atomic E-state index is 10.2. The third-order valence-electron chi connectivity index (χ3n) is 1.58. The fourth-order valence-corrected chi connectivity index (χ4v) is 0.454. The lowest BCUT2D eigenvalue weighted by molar-refractivity contribution is -0.0446. The van der Waals surface area contributed by atoms with E-state index in [1.54, 1.807) is 0 Å². The van der Waals surface area contributed by atoms with Crippen LogP contribution in [0, 0.1) is 0 Å². The molecule has 0 unspecified atom stereocenters. The molecular formula is C6H13O2. The molecule has 0 aliphatic rings. The monoisotopic (exact) mass is 117 g/mol. The summed E-state index contributed by atoms with van der Waals surface area (Å²) >= 11 is 0. The molecule has 0 aliphatic heterocycles. The van der Waals surface area contributed by atoms with Crippen LogP contribution in [0.2, 0.25) is 0 Å².